The van der Waals surface area contributed by atoms with E-state index in [1.165, 1.54) is 0 Å². The fourth-order valence-electron chi connectivity index (χ4n) is 2.20. The smallest absolute Gasteiger partial charge is 0.134 e. The quantitative estimate of drug-likeness (QED) is 0.622. The van der Waals surface area contributed by atoms with Crippen molar-refractivity contribution in [2.24, 2.45) is 0 Å². The Morgan fingerprint density at radius 1 is 0.909 bits per heavy atom. The molecule has 2 aromatic carbocycles. The summed E-state index contributed by atoms with van der Waals surface area (Å²) in [6.07, 6.45) is 0. The average molecular weight is 377 g/mol. The van der Waals surface area contributed by atoms with E-state index in [4.69, 9.17) is 16.0 Å². The van der Waals surface area contributed by atoms with Crippen molar-refractivity contribution in [2.45, 2.75) is 13.1 Å². The first kappa shape index (κ1) is 15.3. The molecule has 22 heavy (non-hydrogen) atoms. The number of rotatable bonds is 5. The van der Waals surface area contributed by atoms with Crippen molar-refractivity contribution < 1.29 is 4.42 Å². The van der Waals surface area contributed by atoms with E-state index in [0.717, 1.165) is 32.1 Å². The predicted octanol–water partition coefficient (Wildman–Crippen LogP) is 5.65. The Kier molecular flexibility index (Phi) is 4.98. The lowest BCUT2D eigenvalue weighted by molar-refractivity contribution is 0.493. The topological polar surface area (TPSA) is 25.2 Å². The molecule has 112 valence electrons. The average Bonchev–Trinajstić information content (AvgIpc) is 2.99. The number of halogens is 2. The van der Waals surface area contributed by atoms with Crippen LogP contribution in [0.25, 0.3) is 11.3 Å². The van der Waals surface area contributed by atoms with Gasteiger partial charge in [-0.05, 0) is 35.9 Å². The van der Waals surface area contributed by atoms with E-state index in [1.807, 2.05) is 60.7 Å². The highest BCUT2D eigenvalue weighted by Gasteiger charge is 2.05. The van der Waals surface area contributed by atoms with E-state index in [9.17, 15) is 0 Å². The Morgan fingerprint density at radius 3 is 2.45 bits per heavy atom. The summed E-state index contributed by atoms with van der Waals surface area (Å²) in [4.78, 5) is 0. The third kappa shape index (κ3) is 3.80. The van der Waals surface area contributed by atoms with Gasteiger partial charge in [0.15, 0.2) is 0 Å². The zero-order chi connectivity index (χ0) is 15.4. The van der Waals surface area contributed by atoms with Crippen LogP contribution in [-0.4, -0.2) is 0 Å². The van der Waals surface area contributed by atoms with E-state index in [0.29, 0.717) is 13.1 Å². The van der Waals surface area contributed by atoms with Gasteiger partial charge in [-0.25, -0.2) is 0 Å². The highest BCUT2D eigenvalue weighted by molar-refractivity contribution is 9.10. The summed E-state index contributed by atoms with van der Waals surface area (Å²) in [6.45, 7) is 1.38. The van der Waals surface area contributed by atoms with Crippen molar-refractivity contribution in [1.29, 1.82) is 0 Å². The summed E-state index contributed by atoms with van der Waals surface area (Å²) >= 11 is 9.57. The van der Waals surface area contributed by atoms with Crippen molar-refractivity contribution in [3.63, 3.8) is 0 Å². The first-order valence-electron chi connectivity index (χ1n) is 7.01. The van der Waals surface area contributed by atoms with Gasteiger partial charge in [0, 0.05) is 21.6 Å². The minimum atomic E-state index is 0.668. The van der Waals surface area contributed by atoms with Crippen molar-refractivity contribution in [3.8, 4) is 11.3 Å². The van der Waals surface area contributed by atoms with Gasteiger partial charge in [-0.1, -0.05) is 57.9 Å². The molecule has 4 heteroatoms. The number of hydrogen-bond acceptors (Lipinski definition) is 2. The third-order valence-electron chi connectivity index (χ3n) is 3.36. The first-order valence-corrected chi connectivity index (χ1v) is 8.18. The van der Waals surface area contributed by atoms with Crippen molar-refractivity contribution in [2.75, 3.05) is 0 Å². The van der Waals surface area contributed by atoms with Crippen LogP contribution in [-0.2, 0) is 13.1 Å². The van der Waals surface area contributed by atoms with Gasteiger partial charge >= 0.3 is 0 Å². The van der Waals surface area contributed by atoms with Crippen LogP contribution in [0.4, 0.5) is 0 Å². The largest absolute Gasteiger partial charge is 0.460 e. The molecule has 0 saturated carbocycles. The van der Waals surface area contributed by atoms with E-state index >= 15 is 0 Å². The molecule has 1 N–H and O–H groups in total. The Hall–Kier alpha value is -1.55. The maximum Gasteiger partial charge on any atom is 0.134 e. The molecule has 0 amide bonds. The minimum Gasteiger partial charge on any atom is -0.460 e. The molecule has 1 aromatic heterocycles. The molecule has 0 spiro atoms. The molecule has 3 rings (SSSR count). The molecular formula is C18H15BrClNO. The molecule has 0 bridgehead atoms. The lowest BCUT2D eigenvalue weighted by atomic mass is 10.2. The standard InChI is InChI=1S/C18H15BrClNO/c19-15-7-5-13(6-8-15)18-10-9-16(22-18)12-21-11-14-3-1-2-4-17(14)20/h1-10,21H,11-12H2. The maximum absolute atomic E-state index is 6.14. The summed E-state index contributed by atoms with van der Waals surface area (Å²) in [5.74, 6) is 1.78. The molecule has 3 aromatic rings. The third-order valence-corrected chi connectivity index (χ3v) is 4.26. The molecule has 0 aliphatic rings. The maximum atomic E-state index is 6.14. The lowest BCUT2D eigenvalue weighted by Crippen LogP contribution is -2.12. The van der Waals surface area contributed by atoms with Crippen LogP contribution in [0.2, 0.25) is 5.02 Å². The second-order valence-corrected chi connectivity index (χ2v) is 6.29. The van der Waals surface area contributed by atoms with Gasteiger partial charge in [-0.15, -0.1) is 0 Å². The molecule has 1 heterocycles. The van der Waals surface area contributed by atoms with Gasteiger partial charge in [0.05, 0.1) is 6.54 Å². The normalized spacial score (nSPS) is 10.8. The van der Waals surface area contributed by atoms with Crippen LogP contribution in [0.15, 0.2) is 69.6 Å². The molecule has 0 fully saturated rings. The van der Waals surface area contributed by atoms with Gasteiger partial charge < -0.3 is 9.73 Å². The van der Waals surface area contributed by atoms with Crippen LogP contribution in [0.3, 0.4) is 0 Å². The summed E-state index contributed by atoms with van der Waals surface area (Å²) in [7, 11) is 0. The zero-order valence-electron chi connectivity index (χ0n) is 11.9. The van der Waals surface area contributed by atoms with Crippen LogP contribution in [0, 0.1) is 0 Å². The van der Waals surface area contributed by atoms with E-state index in [-0.39, 0.29) is 0 Å². The molecule has 0 aliphatic carbocycles. The van der Waals surface area contributed by atoms with E-state index in [1.54, 1.807) is 0 Å². The highest BCUT2D eigenvalue weighted by atomic mass is 79.9. The van der Waals surface area contributed by atoms with Gasteiger partial charge in [0.25, 0.3) is 0 Å². The molecule has 0 saturated heterocycles. The van der Waals surface area contributed by atoms with E-state index in [2.05, 4.69) is 21.2 Å². The fraction of sp³-hybridized carbons (Fsp3) is 0.111. The summed E-state index contributed by atoms with van der Waals surface area (Å²) in [5.41, 5.74) is 2.16. The molecule has 0 radical (unpaired) electrons. The Labute approximate surface area is 143 Å². The van der Waals surface area contributed by atoms with Crippen LogP contribution >= 0.6 is 27.5 Å². The lowest BCUT2D eigenvalue weighted by Gasteiger charge is -2.05. The van der Waals surface area contributed by atoms with E-state index < -0.39 is 0 Å². The summed E-state index contributed by atoms with van der Waals surface area (Å²) in [6, 6.07) is 19.9. The SMILES string of the molecule is Clc1ccccc1CNCc1ccc(-c2ccc(Br)cc2)o1. The Bertz CT molecular complexity index is 752. The summed E-state index contributed by atoms with van der Waals surface area (Å²) < 4.78 is 6.93. The molecule has 0 atom stereocenters. The van der Waals surface area contributed by atoms with Gasteiger partial charge in [0.2, 0.25) is 0 Å². The van der Waals surface area contributed by atoms with Crippen LogP contribution in [0.5, 0.6) is 0 Å². The Morgan fingerprint density at radius 2 is 1.68 bits per heavy atom. The van der Waals surface area contributed by atoms with Crippen molar-refractivity contribution in [1.82, 2.24) is 5.32 Å². The molecular weight excluding hydrogens is 362 g/mol. The number of benzene rings is 2. The van der Waals surface area contributed by atoms with Crippen molar-refractivity contribution in [3.05, 3.63) is 81.5 Å². The monoisotopic (exact) mass is 375 g/mol. The summed E-state index contributed by atoms with van der Waals surface area (Å²) in [5, 5.41) is 4.13. The van der Waals surface area contributed by atoms with Gasteiger partial charge in [-0.3, -0.25) is 0 Å². The van der Waals surface area contributed by atoms with Gasteiger partial charge in [-0.2, -0.15) is 0 Å². The number of hydrogen-bond donors (Lipinski definition) is 1. The predicted molar refractivity (Wildman–Crippen MR) is 93.8 cm³/mol. The minimum absolute atomic E-state index is 0.668. The fourth-order valence-corrected chi connectivity index (χ4v) is 2.67. The Balaban J connectivity index is 1.60. The second kappa shape index (κ2) is 7.14. The second-order valence-electron chi connectivity index (χ2n) is 4.97. The highest BCUT2D eigenvalue weighted by Crippen LogP contribution is 2.24. The first-order chi connectivity index (χ1) is 10.7. The van der Waals surface area contributed by atoms with Gasteiger partial charge in [0.1, 0.15) is 11.5 Å². The van der Waals surface area contributed by atoms with Crippen molar-refractivity contribution >= 4 is 27.5 Å². The van der Waals surface area contributed by atoms with Crippen LogP contribution < -0.4 is 5.32 Å². The number of furan rings is 1. The molecule has 2 nitrogen and oxygen atoms in total. The van der Waals surface area contributed by atoms with Crippen LogP contribution in [0.1, 0.15) is 11.3 Å². The number of nitrogens with one attached hydrogen (secondary N) is 1. The molecule has 0 unspecified atom stereocenters. The zero-order valence-corrected chi connectivity index (χ0v) is 14.2. The molecule has 0 aliphatic heterocycles.